The molecular weight excluding hydrogens is 310 g/mol. The third-order valence-corrected chi connectivity index (χ3v) is 6.46. The Kier molecular flexibility index (Phi) is 2.84. The van der Waals surface area contributed by atoms with Gasteiger partial charge in [-0.2, -0.15) is 0 Å². The van der Waals surface area contributed by atoms with Gasteiger partial charge in [-0.05, 0) is 17.5 Å². The van der Waals surface area contributed by atoms with Gasteiger partial charge in [-0.15, -0.1) is 11.3 Å². The summed E-state index contributed by atoms with van der Waals surface area (Å²) in [7, 11) is 2.19. The van der Waals surface area contributed by atoms with Gasteiger partial charge in [-0.25, -0.2) is 0 Å². The average Bonchev–Trinajstić information content (AvgIpc) is 3.11. The fourth-order valence-electron chi connectivity index (χ4n) is 3.99. The van der Waals surface area contributed by atoms with Crippen LogP contribution in [0.2, 0.25) is 0 Å². The number of fused-ring (bicyclic) bond motifs is 7. The van der Waals surface area contributed by atoms with E-state index in [0.29, 0.717) is 5.92 Å². The Balaban J connectivity index is 2.05. The summed E-state index contributed by atoms with van der Waals surface area (Å²) < 4.78 is 5.21. The van der Waals surface area contributed by atoms with Crippen LogP contribution in [0.5, 0.6) is 0 Å². The SMILES string of the molecule is CC(C)c1cccc2c1sc1c2ccc2c3ccccc3n(C)c21. The third-order valence-electron chi connectivity index (χ3n) is 5.18. The molecular formula is C22H19NS. The summed E-state index contributed by atoms with van der Waals surface area (Å²) in [6, 6.07) is 20.1. The molecule has 2 heterocycles. The minimum Gasteiger partial charge on any atom is -0.342 e. The lowest BCUT2D eigenvalue weighted by Crippen LogP contribution is -1.86. The van der Waals surface area contributed by atoms with Crippen LogP contribution in [-0.2, 0) is 7.05 Å². The highest BCUT2D eigenvalue weighted by Gasteiger charge is 2.16. The lowest BCUT2D eigenvalue weighted by molar-refractivity contribution is 0.878. The van der Waals surface area contributed by atoms with E-state index in [1.807, 2.05) is 11.3 Å². The number of rotatable bonds is 1. The first-order valence-corrected chi connectivity index (χ1v) is 9.29. The van der Waals surface area contributed by atoms with Crippen LogP contribution in [-0.4, -0.2) is 4.57 Å². The van der Waals surface area contributed by atoms with Crippen molar-refractivity contribution in [3.8, 4) is 0 Å². The molecule has 0 fully saturated rings. The molecule has 0 aliphatic carbocycles. The highest BCUT2D eigenvalue weighted by atomic mass is 32.1. The summed E-state index contributed by atoms with van der Waals surface area (Å²) >= 11 is 1.95. The Labute approximate surface area is 145 Å². The molecule has 0 saturated carbocycles. The summed E-state index contributed by atoms with van der Waals surface area (Å²) in [5.41, 5.74) is 4.13. The van der Waals surface area contributed by atoms with Gasteiger partial charge >= 0.3 is 0 Å². The van der Waals surface area contributed by atoms with Gasteiger partial charge in [-0.1, -0.05) is 62.4 Å². The molecule has 5 rings (SSSR count). The topological polar surface area (TPSA) is 4.93 Å². The van der Waals surface area contributed by atoms with Gasteiger partial charge in [0.2, 0.25) is 0 Å². The van der Waals surface area contributed by atoms with Gasteiger partial charge < -0.3 is 4.57 Å². The second-order valence-electron chi connectivity index (χ2n) is 6.90. The van der Waals surface area contributed by atoms with E-state index in [4.69, 9.17) is 0 Å². The number of aryl methyl sites for hydroxylation is 1. The van der Waals surface area contributed by atoms with Crippen molar-refractivity contribution in [3.63, 3.8) is 0 Å². The van der Waals surface area contributed by atoms with Crippen LogP contribution < -0.4 is 0 Å². The van der Waals surface area contributed by atoms with E-state index >= 15 is 0 Å². The van der Waals surface area contributed by atoms with E-state index < -0.39 is 0 Å². The van der Waals surface area contributed by atoms with Crippen molar-refractivity contribution >= 4 is 53.3 Å². The third kappa shape index (κ3) is 1.69. The van der Waals surface area contributed by atoms with Crippen molar-refractivity contribution in [1.82, 2.24) is 4.57 Å². The van der Waals surface area contributed by atoms with Crippen LogP contribution >= 0.6 is 11.3 Å². The molecule has 0 unspecified atom stereocenters. The van der Waals surface area contributed by atoms with E-state index in [-0.39, 0.29) is 0 Å². The molecule has 0 N–H and O–H groups in total. The molecule has 5 aromatic rings. The highest BCUT2D eigenvalue weighted by molar-refractivity contribution is 7.26. The number of hydrogen-bond acceptors (Lipinski definition) is 1. The Bertz CT molecular complexity index is 1240. The van der Waals surface area contributed by atoms with Crippen molar-refractivity contribution in [2.24, 2.45) is 7.05 Å². The molecule has 2 aromatic heterocycles. The molecule has 0 spiro atoms. The molecule has 2 heteroatoms. The molecule has 24 heavy (non-hydrogen) atoms. The van der Waals surface area contributed by atoms with E-state index in [1.165, 1.54) is 47.5 Å². The maximum absolute atomic E-state index is 2.36. The molecule has 3 aromatic carbocycles. The van der Waals surface area contributed by atoms with Crippen molar-refractivity contribution in [2.45, 2.75) is 19.8 Å². The second-order valence-corrected chi connectivity index (χ2v) is 7.92. The average molecular weight is 329 g/mol. The molecule has 0 atom stereocenters. The van der Waals surface area contributed by atoms with Gasteiger partial charge in [0, 0.05) is 38.8 Å². The molecule has 1 nitrogen and oxygen atoms in total. The summed E-state index contributed by atoms with van der Waals surface area (Å²) in [6.45, 7) is 4.57. The first-order chi connectivity index (χ1) is 11.7. The van der Waals surface area contributed by atoms with Crippen molar-refractivity contribution < 1.29 is 0 Å². The van der Waals surface area contributed by atoms with E-state index in [2.05, 4.69) is 80.1 Å². The maximum Gasteiger partial charge on any atom is 0.0670 e. The number of aromatic nitrogens is 1. The van der Waals surface area contributed by atoms with Crippen LogP contribution in [0.1, 0.15) is 25.3 Å². The first kappa shape index (κ1) is 14.1. The maximum atomic E-state index is 2.36. The van der Waals surface area contributed by atoms with E-state index in [9.17, 15) is 0 Å². The zero-order valence-electron chi connectivity index (χ0n) is 14.1. The van der Waals surface area contributed by atoms with Gasteiger partial charge in [0.05, 0.1) is 10.2 Å². The number of thiophene rings is 1. The van der Waals surface area contributed by atoms with Crippen LogP contribution in [0.15, 0.2) is 54.6 Å². The molecule has 0 radical (unpaired) electrons. The van der Waals surface area contributed by atoms with E-state index in [1.54, 1.807) is 0 Å². The zero-order chi connectivity index (χ0) is 16.4. The first-order valence-electron chi connectivity index (χ1n) is 8.48. The smallest absolute Gasteiger partial charge is 0.0670 e. The predicted molar refractivity (Wildman–Crippen MR) is 107 cm³/mol. The Morgan fingerprint density at radius 2 is 1.46 bits per heavy atom. The quantitative estimate of drug-likeness (QED) is 0.318. The Morgan fingerprint density at radius 3 is 2.29 bits per heavy atom. The lowest BCUT2D eigenvalue weighted by Gasteiger charge is -2.05. The van der Waals surface area contributed by atoms with Crippen LogP contribution in [0.3, 0.4) is 0 Å². The second kappa shape index (κ2) is 4.84. The molecule has 0 saturated heterocycles. The molecule has 0 amide bonds. The molecule has 0 bridgehead atoms. The molecule has 118 valence electrons. The van der Waals surface area contributed by atoms with Gasteiger partial charge in [0.25, 0.3) is 0 Å². The molecule has 0 aliphatic rings. The lowest BCUT2D eigenvalue weighted by atomic mass is 10.0. The fourth-order valence-corrected chi connectivity index (χ4v) is 5.53. The van der Waals surface area contributed by atoms with Gasteiger partial charge in [0.1, 0.15) is 0 Å². The molecule has 0 aliphatic heterocycles. The monoisotopic (exact) mass is 329 g/mol. The van der Waals surface area contributed by atoms with Crippen molar-refractivity contribution in [3.05, 3.63) is 60.2 Å². The van der Waals surface area contributed by atoms with Gasteiger partial charge in [-0.3, -0.25) is 0 Å². The van der Waals surface area contributed by atoms with Crippen molar-refractivity contribution in [1.29, 1.82) is 0 Å². The van der Waals surface area contributed by atoms with Crippen LogP contribution in [0, 0.1) is 0 Å². The largest absolute Gasteiger partial charge is 0.342 e. The minimum absolute atomic E-state index is 0.546. The summed E-state index contributed by atoms with van der Waals surface area (Å²) in [6.07, 6.45) is 0. The normalized spacial score (nSPS) is 12.3. The summed E-state index contributed by atoms with van der Waals surface area (Å²) in [5, 5.41) is 5.49. The predicted octanol–water partition coefficient (Wildman–Crippen LogP) is 6.82. The number of benzene rings is 3. The van der Waals surface area contributed by atoms with Gasteiger partial charge in [0.15, 0.2) is 0 Å². The number of nitrogens with zero attached hydrogens (tertiary/aromatic N) is 1. The fraction of sp³-hybridized carbons (Fsp3) is 0.182. The van der Waals surface area contributed by atoms with E-state index in [0.717, 1.165) is 0 Å². The van der Waals surface area contributed by atoms with Crippen LogP contribution in [0.25, 0.3) is 42.0 Å². The Hall–Kier alpha value is -2.32. The standard InChI is InChI=1S/C22H19NS/c1-13(2)14-8-6-9-17-18-12-11-16-15-7-4-5-10-19(15)23(3)20(16)22(18)24-21(14)17/h4-13H,1-3H3. The Morgan fingerprint density at radius 1 is 0.750 bits per heavy atom. The number of para-hydroxylation sites is 1. The zero-order valence-corrected chi connectivity index (χ0v) is 14.9. The summed E-state index contributed by atoms with van der Waals surface area (Å²) in [5.74, 6) is 0.546. The summed E-state index contributed by atoms with van der Waals surface area (Å²) in [4.78, 5) is 0. The van der Waals surface area contributed by atoms with Crippen LogP contribution in [0.4, 0.5) is 0 Å². The van der Waals surface area contributed by atoms with Crippen molar-refractivity contribution in [2.75, 3.05) is 0 Å². The number of hydrogen-bond donors (Lipinski definition) is 0. The minimum atomic E-state index is 0.546. The highest BCUT2D eigenvalue weighted by Crippen LogP contribution is 2.43.